The minimum absolute atomic E-state index is 0.164. The first-order valence-electron chi connectivity index (χ1n) is 6.17. The monoisotopic (exact) mass is 265 g/mol. The highest BCUT2D eigenvalue weighted by molar-refractivity contribution is 6.33. The number of hydrogen-bond donors (Lipinski definition) is 2. The van der Waals surface area contributed by atoms with Crippen LogP contribution in [0.2, 0.25) is 5.02 Å². The summed E-state index contributed by atoms with van der Waals surface area (Å²) in [7, 11) is 2.03. The van der Waals surface area contributed by atoms with Crippen LogP contribution in [0.3, 0.4) is 0 Å². The summed E-state index contributed by atoms with van der Waals surface area (Å²) >= 11 is 6.28. The van der Waals surface area contributed by atoms with Crippen LogP contribution in [0.15, 0.2) is 12.1 Å². The maximum atomic E-state index is 11.5. The minimum Gasteiger partial charge on any atom is -0.373 e. The van der Waals surface area contributed by atoms with E-state index in [9.17, 15) is 4.79 Å². The lowest BCUT2D eigenvalue weighted by Crippen LogP contribution is -2.20. The molecule has 0 aromatic heterocycles. The van der Waals surface area contributed by atoms with Crippen LogP contribution in [0.4, 0.5) is 11.4 Å². The molecule has 1 heterocycles. The van der Waals surface area contributed by atoms with Gasteiger partial charge in [0, 0.05) is 24.8 Å². The molecule has 3 rings (SSSR count). The van der Waals surface area contributed by atoms with Crippen molar-refractivity contribution < 1.29 is 4.79 Å². The second kappa shape index (κ2) is 4.14. The SMILES string of the molecule is CN(CC1CC1)c1cc2c(cc1Cl)C(N)C(=O)N2. The van der Waals surface area contributed by atoms with Crippen molar-refractivity contribution in [1.82, 2.24) is 0 Å². The highest BCUT2D eigenvalue weighted by Crippen LogP contribution is 2.39. The summed E-state index contributed by atoms with van der Waals surface area (Å²) < 4.78 is 0. The molecule has 4 nitrogen and oxygen atoms in total. The number of fused-ring (bicyclic) bond motifs is 1. The molecule has 1 aromatic rings. The number of carbonyl (C=O) groups is 1. The van der Waals surface area contributed by atoms with Gasteiger partial charge in [-0.3, -0.25) is 4.79 Å². The molecule has 3 N–H and O–H groups in total. The first-order chi connectivity index (χ1) is 8.56. The number of benzene rings is 1. The zero-order valence-corrected chi connectivity index (χ0v) is 11.0. The molecule has 1 atom stereocenters. The van der Waals surface area contributed by atoms with E-state index >= 15 is 0 Å². The van der Waals surface area contributed by atoms with Crippen molar-refractivity contribution in [3.05, 3.63) is 22.7 Å². The normalized spacial score (nSPS) is 21.7. The zero-order valence-electron chi connectivity index (χ0n) is 10.2. The Kier molecular flexibility index (Phi) is 2.72. The summed E-state index contributed by atoms with van der Waals surface area (Å²) in [5.41, 5.74) is 8.32. The summed E-state index contributed by atoms with van der Waals surface area (Å²) in [4.78, 5) is 13.7. The van der Waals surface area contributed by atoms with Crippen LogP contribution in [0.5, 0.6) is 0 Å². The molecule has 1 aliphatic carbocycles. The summed E-state index contributed by atoms with van der Waals surface area (Å²) in [5, 5.41) is 3.45. The fourth-order valence-corrected chi connectivity index (χ4v) is 2.69. The highest BCUT2D eigenvalue weighted by atomic mass is 35.5. The van der Waals surface area contributed by atoms with Gasteiger partial charge < -0.3 is 16.0 Å². The van der Waals surface area contributed by atoms with E-state index in [1.807, 2.05) is 13.1 Å². The Labute approximate surface area is 111 Å². The Morgan fingerprint density at radius 3 is 2.89 bits per heavy atom. The molecule has 1 unspecified atom stereocenters. The van der Waals surface area contributed by atoms with Crippen molar-refractivity contribution >= 4 is 28.9 Å². The fourth-order valence-electron chi connectivity index (χ4n) is 2.37. The van der Waals surface area contributed by atoms with Crippen LogP contribution < -0.4 is 16.0 Å². The molecule has 0 radical (unpaired) electrons. The molecule has 0 bridgehead atoms. The third-order valence-electron chi connectivity index (χ3n) is 3.63. The number of hydrogen-bond acceptors (Lipinski definition) is 3. The first kappa shape index (κ1) is 11.8. The molecule has 2 aliphatic rings. The van der Waals surface area contributed by atoms with E-state index in [-0.39, 0.29) is 5.91 Å². The molecule has 5 heteroatoms. The van der Waals surface area contributed by atoms with Crippen molar-refractivity contribution in [3.63, 3.8) is 0 Å². The molecule has 18 heavy (non-hydrogen) atoms. The van der Waals surface area contributed by atoms with E-state index in [1.165, 1.54) is 12.8 Å². The Morgan fingerprint density at radius 1 is 1.50 bits per heavy atom. The number of nitrogens with zero attached hydrogens (tertiary/aromatic N) is 1. The molecule has 1 amide bonds. The van der Waals surface area contributed by atoms with Crippen molar-refractivity contribution in [1.29, 1.82) is 0 Å². The van der Waals surface area contributed by atoms with E-state index in [4.69, 9.17) is 17.3 Å². The van der Waals surface area contributed by atoms with Crippen LogP contribution in [-0.2, 0) is 4.79 Å². The van der Waals surface area contributed by atoms with Gasteiger partial charge in [-0.05, 0) is 30.9 Å². The fraction of sp³-hybridized carbons (Fsp3) is 0.462. The van der Waals surface area contributed by atoms with Crippen LogP contribution in [-0.4, -0.2) is 19.5 Å². The Balaban J connectivity index is 1.92. The molecule has 1 fully saturated rings. The molecular weight excluding hydrogens is 250 g/mol. The number of amides is 1. The van der Waals surface area contributed by atoms with Crippen molar-refractivity contribution in [2.45, 2.75) is 18.9 Å². The quantitative estimate of drug-likeness (QED) is 0.880. The van der Waals surface area contributed by atoms with E-state index in [1.54, 1.807) is 6.07 Å². The lowest BCUT2D eigenvalue weighted by molar-refractivity contribution is -0.116. The number of nitrogens with one attached hydrogen (secondary N) is 1. The maximum absolute atomic E-state index is 11.5. The van der Waals surface area contributed by atoms with Crippen molar-refractivity contribution in [2.75, 3.05) is 23.8 Å². The molecule has 1 aromatic carbocycles. The third kappa shape index (κ3) is 1.95. The van der Waals surface area contributed by atoms with E-state index in [0.29, 0.717) is 5.02 Å². The molecule has 1 aliphatic heterocycles. The second-order valence-corrected chi connectivity index (χ2v) is 5.59. The predicted octanol–water partition coefficient (Wildman–Crippen LogP) is 2.14. The average Bonchev–Trinajstić information content (AvgIpc) is 3.08. The van der Waals surface area contributed by atoms with Gasteiger partial charge in [0.05, 0.1) is 10.7 Å². The largest absolute Gasteiger partial charge is 0.373 e. The number of nitrogens with two attached hydrogens (primary N) is 1. The van der Waals surface area contributed by atoms with Gasteiger partial charge in [0.25, 0.3) is 0 Å². The van der Waals surface area contributed by atoms with Crippen LogP contribution in [0.1, 0.15) is 24.4 Å². The smallest absolute Gasteiger partial charge is 0.245 e. The maximum Gasteiger partial charge on any atom is 0.245 e. The summed E-state index contributed by atoms with van der Waals surface area (Å²) in [5.74, 6) is 0.624. The average molecular weight is 266 g/mol. The lowest BCUT2D eigenvalue weighted by atomic mass is 10.1. The first-order valence-corrected chi connectivity index (χ1v) is 6.55. The molecule has 0 saturated heterocycles. The molecule has 1 saturated carbocycles. The number of carbonyl (C=O) groups excluding carboxylic acids is 1. The van der Waals surface area contributed by atoms with Gasteiger partial charge in [0.2, 0.25) is 5.91 Å². The molecule has 96 valence electrons. The van der Waals surface area contributed by atoms with E-state index in [0.717, 1.165) is 29.4 Å². The van der Waals surface area contributed by atoms with Crippen molar-refractivity contribution in [3.8, 4) is 0 Å². The lowest BCUT2D eigenvalue weighted by Gasteiger charge is -2.21. The number of rotatable bonds is 3. The number of anilines is 2. The van der Waals surface area contributed by atoms with Gasteiger partial charge in [-0.1, -0.05) is 11.6 Å². The zero-order chi connectivity index (χ0) is 12.9. The molecular formula is C13H16ClN3O. The van der Waals surface area contributed by atoms with Gasteiger partial charge in [-0.2, -0.15) is 0 Å². The minimum atomic E-state index is -0.597. The Hall–Kier alpha value is -1.26. The third-order valence-corrected chi connectivity index (χ3v) is 3.94. The van der Waals surface area contributed by atoms with Crippen LogP contribution >= 0.6 is 11.6 Å². The van der Waals surface area contributed by atoms with E-state index < -0.39 is 6.04 Å². The Morgan fingerprint density at radius 2 is 2.22 bits per heavy atom. The van der Waals surface area contributed by atoms with Crippen molar-refractivity contribution in [2.24, 2.45) is 11.7 Å². The van der Waals surface area contributed by atoms with Gasteiger partial charge in [-0.15, -0.1) is 0 Å². The topological polar surface area (TPSA) is 58.4 Å². The predicted molar refractivity (Wildman–Crippen MR) is 73.0 cm³/mol. The van der Waals surface area contributed by atoms with Crippen LogP contribution in [0.25, 0.3) is 0 Å². The van der Waals surface area contributed by atoms with Gasteiger partial charge in [0.15, 0.2) is 0 Å². The van der Waals surface area contributed by atoms with Gasteiger partial charge >= 0.3 is 0 Å². The van der Waals surface area contributed by atoms with Crippen LogP contribution in [0, 0.1) is 5.92 Å². The van der Waals surface area contributed by atoms with Gasteiger partial charge in [-0.25, -0.2) is 0 Å². The Bertz CT molecular complexity index is 513. The summed E-state index contributed by atoms with van der Waals surface area (Å²) in [6.07, 6.45) is 2.60. The van der Waals surface area contributed by atoms with E-state index in [2.05, 4.69) is 10.2 Å². The highest BCUT2D eigenvalue weighted by Gasteiger charge is 2.29. The standard InChI is InChI=1S/C13H16ClN3O/c1-17(6-7-2-3-7)11-5-10-8(4-9(11)14)12(15)13(18)16-10/h4-5,7,12H,2-3,6,15H2,1H3,(H,16,18). The second-order valence-electron chi connectivity index (χ2n) is 5.18. The molecule has 0 spiro atoms. The summed E-state index contributed by atoms with van der Waals surface area (Å²) in [6, 6.07) is 3.13. The summed E-state index contributed by atoms with van der Waals surface area (Å²) in [6.45, 7) is 1.01. The number of halogens is 1. The van der Waals surface area contributed by atoms with Gasteiger partial charge in [0.1, 0.15) is 6.04 Å².